The molecular formula is CH4FI2-. The van der Waals surface area contributed by atoms with Crippen molar-refractivity contribution in [2.75, 3.05) is 4.93 Å². The third-order valence-electron chi connectivity index (χ3n) is 0.0540. The fourth-order valence-electron chi connectivity index (χ4n) is 0. The summed E-state index contributed by atoms with van der Waals surface area (Å²) in [4.78, 5) is 1.82. The van der Waals surface area contributed by atoms with E-state index in [1.165, 1.54) is 0 Å². The van der Waals surface area contributed by atoms with E-state index < -0.39 is 17.6 Å². The molecule has 0 heterocycles. The topological polar surface area (TPSA) is 0 Å². The predicted octanol–water partition coefficient (Wildman–Crippen LogP) is -1.79. The van der Waals surface area contributed by atoms with Crippen LogP contribution in [0, 0.1) is 0 Å². The number of hydrogen-bond acceptors (Lipinski definition) is 0. The van der Waals surface area contributed by atoms with Crippen molar-refractivity contribution in [1.29, 1.82) is 0.594 Å². The van der Waals surface area contributed by atoms with Crippen LogP contribution in [0.25, 0.3) is 0 Å². The van der Waals surface area contributed by atoms with E-state index in [1.807, 2.05) is 4.93 Å². The van der Waals surface area contributed by atoms with E-state index in [0.717, 1.165) is 0 Å². The van der Waals surface area contributed by atoms with E-state index in [-0.39, 0.29) is 17.2 Å². The first-order valence-corrected chi connectivity index (χ1v) is 9.92. The summed E-state index contributed by atoms with van der Waals surface area (Å²) in [6.45, 7) is 0. The van der Waals surface area contributed by atoms with Gasteiger partial charge in [-0.25, -0.2) is 0 Å². The van der Waals surface area contributed by atoms with Gasteiger partial charge in [0.1, 0.15) is 0 Å². The van der Waals surface area contributed by atoms with Crippen molar-refractivity contribution in [3.63, 3.8) is 0 Å². The summed E-state index contributed by atoms with van der Waals surface area (Å²) in [5.41, 5.74) is 0. The van der Waals surface area contributed by atoms with Crippen LogP contribution < -0.4 is 17.2 Å². The molecule has 0 radical (unpaired) electrons. The van der Waals surface area contributed by atoms with Gasteiger partial charge in [0.2, 0.25) is 0 Å². The second-order valence-corrected chi connectivity index (χ2v) is 8.86. The molecule has 0 amide bonds. The van der Waals surface area contributed by atoms with Gasteiger partial charge in [0.15, 0.2) is 0 Å². The number of hydrogen-bond donors (Lipinski definition) is 0. The third-order valence-corrected chi connectivity index (χ3v) is 2.43. The minimum absolute atomic E-state index is 0.296. The molecule has 0 unspecified atom stereocenters. The number of rotatable bonds is 1. The van der Waals surface area contributed by atoms with Gasteiger partial charge in [-0.1, -0.05) is 0 Å². The van der Waals surface area contributed by atoms with E-state index in [4.69, 9.17) is 0.594 Å². The zero-order valence-electron chi connectivity index (χ0n) is 3.13. The second-order valence-electron chi connectivity index (χ2n) is 0.197. The molecule has 0 bridgehead atoms. The SMILES string of the molecule is [3H]I(F)[I-]C. The van der Waals surface area contributed by atoms with Crippen LogP contribution in [0.3, 0.4) is 0 Å². The molecule has 0 aliphatic carbocycles. The van der Waals surface area contributed by atoms with E-state index in [2.05, 4.69) is 0 Å². The average molecular weight is 291 g/mol. The molecule has 4 heavy (non-hydrogen) atoms. The molecule has 0 fully saturated rings. The van der Waals surface area contributed by atoms with Crippen molar-refractivity contribution < 1.29 is 20.1 Å². The molecule has 0 saturated heterocycles. The Kier molecular flexibility index (Phi) is 3.92. The first-order valence-electron chi connectivity index (χ1n) is 1.04. The molecule has 0 aliphatic rings. The van der Waals surface area contributed by atoms with Gasteiger partial charge in [0.05, 0.1) is 0 Å². The van der Waals surface area contributed by atoms with Crippen molar-refractivity contribution in [3.05, 3.63) is 0 Å². The molecule has 0 aliphatic heterocycles. The maximum absolute atomic E-state index is 11.3. The summed E-state index contributed by atoms with van der Waals surface area (Å²) in [6.07, 6.45) is 0. The Balaban J connectivity index is 2.54. The summed E-state index contributed by atoms with van der Waals surface area (Å²) in [6, 6.07) is 0. The van der Waals surface area contributed by atoms with Crippen molar-refractivity contribution in [1.82, 2.24) is 0 Å². The Labute approximate surface area is 42.9 Å². The van der Waals surface area contributed by atoms with Crippen molar-refractivity contribution in [3.8, 4) is 0 Å². The second kappa shape index (κ2) is 4.39. The van der Waals surface area contributed by atoms with Gasteiger partial charge in [-0.05, 0) is 0 Å². The Morgan fingerprint density at radius 1 is 2.50 bits per heavy atom. The standard InChI is InChI=1S/CH4FI2/c1-3-4-2/h4H,1H3/q-1/i4T. The zero-order chi connectivity index (χ0) is 4.28. The Bertz CT molecular complexity index is 23.6. The van der Waals surface area contributed by atoms with Crippen LogP contribution in [0.2, 0.25) is 0 Å². The molecular weight excluding hydrogens is 285 g/mol. The minimum atomic E-state index is -2.42. The van der Waals surface area contributed by atoms with Crippen LogP contribution in [0.15, 0.2) is 0 Å². The monoisotopic (exact) mass is 291 g/mol. The summed E-state index contributed by atoms with van der Waals surface area (Å²) in [5.74, 6) is 0. The van der Waals surface area contributed by atoms with Crippen LogP contribution in [-0.4, -0.2) is 5.52 Å². The van der Waals surface area contributed by atoms with Crippen LogP contribution in [0.1, 0.15) is 0 Å². The first-order chi connectivity index (χ1) is 2.27. The summed E-state index contributed by atoms with van der Waals surface area (Å²) >= 11 is -2.72. The van der Waals surface area contributed by atoms with Gasteiger partial charge in [0, 0.05) is 0 Å². The molecule has 0 rings (SSSR count). The predicted molar refractivity (Wildman–Crippen MR) is 22.4 cm³/mol. The van der Waals surface area contributed by atoms with Gasteiger partial charge in [-0.3, -0.25) is 0 Å². The van der Waals surface area contributed by atoms with E-state index in [9.17, 15) is 2.86 Å². The fourth-order valence-corrected chi connectivity index (χ4v) is 0. The van der Waals surface area contributed by atoms with Gasteiger partial charge >= 0.3 is 43.2 Å². The zero-order valence-corrected chi connectivity index (χ0v) is 6.45. The molecule has 0 spiro atoms. The van der Waals surface area contributed by atoms with Crippen molar-refractivity contribution in [2.24, 2.45) is 0 Å². The molecule has 0 saturated carbocycles. The molecule has 3 heteroatoms. The fraction of sp³-hybridized carbons (Fsp3) is 1.00. The molecule has 0 atom stereocenters. The molecule has 0 aromatic rings. The van der Waals surface area contributed by atoms with Gasteiger partial charge in [0.25, 0.3) is 0 Å². The Morgan fingerprint density at radius 2 is 2.75 bits per heavy atom. The number of alkyl halides is 1. The average Bonchev–Trinajstić information content (AvgIpc) is 1.38. The first kappa shape index (κ1) is 3.58. The van der Waals surface area contributed by atoms with Crippen molar-refractivity contribution in [2.45, 2.75) is 0 Å². The van der Waals surface area contributed by atoms with Crippen LogP contribution in [0.4, 0.5) is 2.86 Å². The summed E-state index contributed by atoms with van der Waals surface area (Å²) in [5, 5.41) is 0. The van der Waals surface area contributed by atoms with Gasteiger partial charge in [-0.15, -0.1) is 0 Å². The maximum atomic E-state index is 11.3. The van der Waals surface area contributed by atoms with Gasteiger partial charge in [-0.2, -0.15) is 0 Å². The molecule has 0 aromatic heterocycles. The third kappa shape index (κ3) is 3.39. The molecule has 0 aromatic carbocycles. The Hall–Kier alpha value is 1.39. The molecule has 0 N–H and O–H groups in total. The van der Waals surface area contributed by atoms with Crippen LogP contribution >= 0.6 is 17.6 Å². The molecule has 30 valence electrons. The van der Waals surface area contributed by atoms with Crippen LogP contribution in [0.5, 0.6) is 0 Å². The van der Waals surface area contributed by atoms with Gasteiger partial charge < -0.3 is 0 Å². The Morgan fingerprint density at radius 3 is 2.75 bits per heavy atom. The van der Waals surface area contributed by atoms with E-state index in [1.54, 1.807) is 0 Å². The van der Waals surface area contributed by atoms with Crippen LogP contribution in [-0.2, 0) is 0 Å². The van der Waals surface area contributed by atoms with E-state index >= 15 is 0 Å². The summed E-state index contributed by atoms with van der Waals surface area (Å²) < 4.78 is 17.7. The quantitative estimate of drug-likeness (QED) is 0.395. The summed E-state index contributed by atoms with van der Waals surface area (Å²) in [7, 11) is 0. The molecule has 0 nitrogen and oxygen atoms in total. The van der Waals surface area contributed by atoms with Crippen molar-refractivity contribution >= 4 is 17.6 Å². The van der Waals surface area contributed by atoms with E-state index in [0.29, 0.717) is 0 Å². The number of halogens is 3. The normalized spacial score (nSPS) is 15.5.